The van der Waals surface area contributed by atoms with Crippen LogP contribution < -0.4 is 0 Å². The molecule has 0 radical (unpaired) electrons. The van der Waals surface area contributed by atoms with E-state index in [1.807, 2.05) is 13.8 Å². The van der Waals surface area contributed by atoms with Crippen molar-refractivity contribution in [3.8, 4) is 0 Å². The summed E-state index contributed by atoms with van der Waals surface area (Å²) in [4.78, 5) is 39.7. The molecular weight excluding hydrogens is 570 g/mol. The SMILES string of the molecule is CCCCCCCCC(CCCCCCCC)OC(=O)C(C)(C)CCCCCCOC(=O)[C@@H]1C[C@H](O)CN1C(=O)OC(C)(C)C. The normalized spacial score (nSPS) is 17.1. The minimum Gasteiger partial charge on any atom is -0.464 e. The van der Waals surface area contributed by atoms with E-state index in [2.05, 4.69) is 13.8 Å². The Bertz CT molecular complexity index is 806. The first-order valence-corrected chi connectivity index (χ1v) is 18.4. The highest BCUT2D eigenvalue weighted by Crippen LogP contribution is 2.28. The lowest BCUT2D eigenvalue weighted by molar-refractivity contribution is -0.161. The van der Waals surface area contributed by atoms with E-state index in [9.17, 15) is 19.5 Å². The van der Waals surface area contributed by atoms with Crippen LogP contribution >= 0.6 is 0 Å². The molecule has 0 saturated carbocycles. The van der Waals surface area contributed by atoms with Gasteiger partial charge in [0.05, 0.1) is 24.7 Å². The van der Waals surface area contributed by atoms with Crippen molar-refractivity contribution in [2.45, 2.75) is 201 Å². The highest BCUT2D eigenvalue weighted by atomic mass is 16.6. The van der Waals surface area contributed by atoms with Crippen LogP contribution in [-0.2, 0) is 23.8 Å². The van der Waals surface area contributed by atoms with Crippen molar-refractivity contribution in [2.24, 2.45) is 5.41 Å². The van der Waals surface area contributed by atoms with Gasteiger partial charge in [0, 0.05) is 6.42 Å². The van der Waals surface area contributed by atoms with E-state index in [1.165, 1.54) is 69.1 Å². The number of carbonyl (C=O) groups excluding carboxylic acids is 3. The fourth-order valence-electron chi connectivity index (χ4n) is 5.83. The summed E-state index contributed by atoms with van der Waals surface area (Å²) in [5, 5.41) is 10.0. The van der Waals surface area contributed by atoms with Crippen molar-refractivity contribution in [3.63, 3.8) is 0 Å². The summed E-state index contributed by atoms with van der Waals surface area (Å²) < 4.78 is 17.0. The number of carbonyl (C=O) groups is 3. The summed E-state index contributed by atoms with van der Waals surface area (Å²) in [5.41, 5.74) is -1.21. The number of unbranched alkanes of at least 4 members (excludes halogenated alkanes) is 13. The third-order valence-corrected chi connectivity index (χ3v) is 8.71. The van der Waals surface area contributed by atoms with Crippen LogP contribution in [0.5, 0.6) is 0 Å². The number of likely N-dealkylation sites (tertiary alicyclic amines) is 1. The van der Waals surface area contributed by atoms with Crippen molar-refractivity contribution in [2.75, 3.05) is 13.2 Å². The van der Waals surface area contributed by atoms with Crippen LogP contribution in [0.2, 0.25) is 0 Å². The van der Waals surface area contributed by atoms with Crippen LogP contribution in [0.4, 0.5) is 4.79 Å². The Morgan fingerprint density at radius 3 is 1.82 bits per heavy atom. The third-order valence-electron chi connectivity index (χ3n) is 8.71. The molecular formula is C37H69NO7. The third kappa shape index (κ3) is 18.8. The van der Waals surface area contributed by atoms with Gasteiger partial charge in [0.25, 0.3) is 0 Å². The molecule has 8 nitrogen and oxygen atoms in total. The predicted molar refractivity (Wildman–Crippen MR) is 181 cm³/mol. The Hall–Kier alpha value is -1.83. The summed E-state index contributed by atoms with van der Waals surface area (Å²) in [6.45, 7) is 14.1. The van der Waals surface area contributed by atoms with E-state index in [-0.39, 0.29) is 31.6 Å². The lowest BCUT2D eigenvalue weighted by Gasteiger charge is -2.27. The highest BCUT2D eigenvalue weighted by molar-refractivity contribution is 5.82. The molecule has 1 fully saturated rings. The molecule has 0 aromatic rings. The Kier molecular flexibility index (Phi) is 20.7. The van der Waals surface area contributed by atoms with Crippen molar-refractivity contribution in [3.05, 3.63) is 0 Å². The van der Waals surface area contributed by atoms with E-state index < -0.39 is 35.2 Å². The first-order chi connectivity index (χ1) is 21.3. The summed E-state index contributed by atoms with van der Waals surface area (Å²) in [7, 11) is 0. The zero-order chi connectivity index (χ0) is 33.7. The predicted octanol–water partition coefficient (Wildman–Crippen LogP) is 9.29. The number of aliphatic hydroxyl groups excluding tert-OH is 1. The average Bonchev–Trinajstić information content (AvgIpc) is 3.36. The maximum absolute atomic E-state index is 13.2. The summed E-state index contributed by atoms with van der Waals surface area (Å²) in [6.07, 6.45) is 19.8. The Morgan fingerprint density at radius 2 is 1.27 bits per heavy atom. The number of aliphatic hydroxyl groups is 1. The standard InChI is InChI=1S/C37H69NO7/c1-8-10-12-14-16-20-24-31(25-21-17-15-13-11-9-2)44-34(41)37(6,7)26-22-18-19-23-27-43-33(40)32-28-30(39)29-38(32)35(42)45-36(3,4)5/h30-32,39H,8-29H2,1-7H3/t30-,32-/m0/s1. The molecule has 1 heterocycles. The fourth-order valence-corrected chi connectivity index (χ4v) is 5.83. The zero-order valence-corrected chi connectivity index (χ0v) is 30.1. The second-order valence-electron chi connectivity index (χ2n) is 14.9. The number of hydrogen-bond acceptors (Lipinski definition) is 7. The van der Waals surface area contributed by atoms with E-state index in [1.54, 1.807) is 20.8 Å². The second-order valence-corrected chi connectivity index (χ2v) is 14.9. The topological polar surface area (TPSA) is 102 Å². The van der Waals surface area contributed by atoms with E-state index >= 15 is 0 Å². The lowest BCUT2D eigenvalue weighted by Crippen LogP contribution is -2.44. The van der Waals surface area contributed by atoms with E-state index in [0.29, 0.717) is 6.42 Å². The van der Waals surface area contributed by atoms with Crippen molar-refractivity contribution < 1.29 is 33.7 Å². The Labute approximate surface area is 275 Å². The minimum atomic E-state index is -0.826. The molecule has 1 N–H and O–H groups in total. The number of esters is 2. The number of ether oxygens (including phenoxy) is 3. The number of β-amino-alcohol motifs (C(OH)–C–C–N with tert-alkyl or cyclic N) is 1. The molecule has 0 aromatic heterocycles. The molecule has 264 valence electrons. The number of amides is 1. The molecule has 1 aliphatic rings. The van der Waals surface area contributed by atoms with Gasteiger partial charge in [0.2, 0.25) is 0 Å². The Morgan fingerprint density at radius 1 is 0.756 bits per heavy atom. The largest absolute Gasteiger partial charge is 0.464 e. The quantitative estimate of drug-likeness (QED) is 0.0638. The molecule has 1 aliphatic heterocycles. The minimum absolute atomic E-state index is 0.0241. The van der Waals surface area contributed by atoms with Crippen LogP contribution in [0.15, 0.2) is 0 Å². The smallest absolute Gasteiger partial charge is 0.411 e. The van der Waals surface area contributed by atoms with Gasteiger partial charge < -0.3 is 19.3 Å². The van der Waals surface area contributed by atoms with Gasteiger partial charge in [-0.1, -0.05) is 97.3 Å². The molecule has 0 unspecified atom stereocenters. The van der Waals surface area contributed by atoms with Gasteiger partial charge in [-0.25, -0.2) is 9.59 Å². The zero-order valence-electron chi connectivity index (χ0n) is 30.1. The molecule has 0 aliphatic carbocycles. The van der Waals surface area contributed by atoms with Crippen LogP contribution in [-0.4, -0.2) is 65.0 Å². The summed E-state index contributed by atoms with van der Waals surface area (Å²) in [5.74, 6) is -0.579. The molecule has 2 atom stereocenters. The van der Waals surface area contributed by atoms with E-state index in [4.69, 9.17) is 14.2 Å². The average molecular weight is 640 g/mol. The van der Waals surface area contributed by atoms with Crippen molar-refractivity contribution in [1.82, 2.24) is 4.90 Å². The highest BCUT2D eigenvalue weighted by Gasteiger charge is 2.41. The molecule has 8 heteroatoms. The van der Waals surface area contributed by atoms with Crippen LogP contribution in [0.3, 0.4) is 0 Å². The Balaban J connectivity index is 2.40. The number of hydrogen-bond donors (Lipinski definition) is 1. The number of nitrogens with zero attached hydrogens (tertiary/aromatic N) is 1. The monoisotopic (exact) mass is 640 g/mol. The van der Waals surface area contributed by atoms with Crippen molar-refractivity contribution in [1.29, 1.82) is 0 Å². The van der Waals surface area contributed by atoms with Crippen LogP contribution in [0, 0.1) is 5.41 Å². The van der Waals surface area contributed by atoms with Gasteiger partial charge in [-0.15, -0.1) is 0 Å². The summed E-state index contributed by atoms with van der Waals surface area (Å²) in [6, 6.07) is -0.826. The molecule has 1 rings (SSSR count). The first kappa shape index (κ1) is 41.2. The number of rotatable bonds is 24. The van der Waals surface area contributed by atoms with Gasteiger partial charge in [0.15, 0.2) is 0 Å². The first-order valence-electron chi connectivity index (χ1n) is 18.4. The second kappa shape index (κ2) is 22.7. The molecule has 1 saturated heterocycles. The maximum atomic E-state index is 13.2. The van der Waals surface area contributed by atoms with Gasteiger partial charge in [-0.3, -0.25) is 9.69 Å². The van der Waals surface area contributed by atoms with Gasteiger partial charge in [-0.05, 0) is 73.1 Å². The van der Waals surface area contributed by atoms with E-state index in [0.717, 1.165) is 51.4 Å². The van der Waals surface area contributed by atoms with Crippen LogP contribution in [0.1, 0.15) is 177 Å². The van der Waals surface area contributed by atoms with Crippen LogP contribution in [0.25, 0.3) is 0 Å². The molecule has 0 spiro atoms. The van der Waals surface area contributed by atoms with Gasteiger partial charge in [-0.2, -0.15) is 0 Å². The summed E-state index contributed by atoms with van der Waals surface area (Å²) >= 11 is 0. The molecule has 1 amide bonds. The fraction of sp³-hybridized carbons (Fsp3) is 0.919. The van der Waals surface area contributed by atoms with Gasteiger partial charge >= 0.3 is 18.0 Å². The maximum Gasteiger partial charge on any atom is 0.411 e. The molecule has 0 bridgehead atoms. The molecule has 0 aromatic carbocycles. The van der Waals surface area contributed by atoms with Crippen molar-refractivity contribution >= 4 is 18.0 Å². The molecule has 45 heavy (non-hydrogen) atoms. The lowest BCUT2D eigenvalue weighted by atomic mass is 9.86. The van der Waals surface area contributed by atoms with Gasteiger partial charge in [0.1, 0.15) is 17.7 Å².